The van der Waals surface area contributed by atoms with Gasteiger partial charge in [-0.25, -0.2) is 13.2 Å². The van der Waals surface area contributed by atoms with E-state index in [1.54, 1.807) is 11.4 Å². The van der Waals surface area contributed by atoms with Crippen molar-refractivity contribution in [2.24, 2.45) is 0 Å². The maximum atomic E-state index is 13.4. The average molecular weight is 300 g/mol. The molecule has 0 fully saturated rings. The number of hydrogen-bond donors (Lipinski definition) is 2. The maximum Gasteiger partial charge on any atom is 0.221 e. The fourth-order valence-electron chi connectivity index (χ4n) is 1.66. The van der Waals surface area contributed by atoms with Gasteiger partial charge in [-0.05, 0) is 11.4 Å². The Morgan fingerprint density at radius 3 is 2.50 bits per heavy atom. The summed E-state index contributed by atoms with van der Waals surface area (Å²) >= 11 is 1.33. The number of hydrogen-bond acceptors (Lipinski definition) is 3. The zero-order valence-corrected chi connectivity index (χ0v) is 11.3. The highest BCUT2D eigenvalue weighted by Gasteiger charge is 2.12. The Morgan fingerprint density at radius 1 is 1.25 bits per heavy atom. The Kier molecular flexibility index (Phi) is 4.29. The Morgan fingerprint density at radius 2 is 1.90 bits per heavy atom. The molecule has 3 nitrogen and oxygen atoms in total. The third-order valence-corrected chi connectivity index (χ3v) is 3.41. The first-order valence-electron chi connectivity index (χ1n) is 5.69. The zero-order valence-electron chi connectivity index (χ0n) is 10.5. The van der Waals surface area contributed by atoms with Crippen LogP contribution in [0.1, 0.15) is 11.8 Å². The summed E-state index contributed by atoms with van der Waals surface area (Å²) in [4.78, 5) is 11.7. The first-order valence-corrected chi connectivity index (χ1v) is 6.57. The molecule has 0 radical (unpaired) electrons. The molecule has 1 amide bonds. The van der Waals surface area contributed by atoms with E-state index in [-0.39, 0.29) is 12.5 Å². The van der Waals surface area contributed by atoms with E-state index >= 15 is 0 Å². The van der Waals surface area contributed by atoms with E-state index in [1.165, 1.54) is 18.3 Å². The molecule has 1 heterocycles. The van der Waals surface area contributed by atoms with Crippen LogP contribution < -0.4 is 10.6 Å². The van der Waals surface area contributed by atoms with Gasteiger partial charge in [-0.2, -0.15) is 0 Å². The first kappa shape index (κ1) is 14.4. The van der Waals surface area contributed by atoms with Crippen LogP contribution in [0, 0.1) is 17.5 Å². The van der Waals surface area contributed by atoms with Gasteiger partial charge in [0.1, 0.15) is 11.5 Å². The van der Waals surface area contributed by atoms with E-state index in [1.807, 2.05) is 0 Å². The standard InChI is InChI=1S/C13H11F3N2OS/c1-7(19)18-11-2-3-20-12(11)6-17-13-9(15)4-8(14)5-10(13)16/h2-5,17H,6H2,1H3,(H,18,19). The first-order chi connectivity index (χ1) is 9.47. The van der Waals surface area contributed by atoms with Crippen molar-refractivity contribution >= 4 is 28.6 Å². The Labute approximate surface area is 117 Å². The predicted octanol–water partition coefficient (Wildman–Crippen LogP) is 3.74. The summed E-state index contributed by atoms with van der Waals surface area (Å²) in [6, 6.07) is 2.91. The summed E-state index contributed by atoms with van der Waals surface area (Å²) in [5.74, 6) is -3.20. The topological polar surface area (TPSA) is 41.1 Å². The van der Waals surface area contributed by atoms with Gasteiger partial charge in [0.2, 0.25) is 5.91 Å². The SMILES string of the molecule is CC(=O)Nc1ccsc1CNc1c(F)cc(F)cc1F. The van der Waals surface area contributed by atoms with Crippen LogP contribution in [-0.2, 0) is 11.3 Å². The molecule has 1 aromatic heterocycles. The van der Waals surface area contributed by atoms with Gasteiger partial charge >= 0.3 is 0 Å². The second-order valence-electron chi connectivity index (χ2n) is 4.04. The molecule has 2 rings (SSSR count). The number of thiophene rings is 1. The van der Waals surface area contributed by atoms with Gasteiger partial charge in [0.25, 0.3) is 0 Å². The van der Waals surface area contributed by atoms with Crippen molar-refractivity contribution in [2.75, 3.05) is 10.6 Å². The molecule has 0 saturated heterocycles. The smallest absolute Gasteiger partial charge is 0.221 e. The van der Waals surface area contributed by atoms with E-state index in [9.17, 15) is 18.0 Å². The average Bonchev–Trinajstić information content (AvgIpc) is 2.74. The Balaban J connectivity index is 2.13. The molecule has 0 aliphatic heterocycles. The van der Waals surface area contributed by atoms with Crippen LogP contribution in [0.2, 0.25) is 0 Å². The lowest BCUT2D eigenvalue weighted by atomic mass is 10.2. The Bertz CT molecular complexity index is 619. The molecule has 2 aromatic rings. The van der Waals surface area contributed by atoms with Crippen molar-refractivity contribution in [1.82, 2.24) is 0 Å². The number of carbonyl (C=O) groups is 1. The van der Waals surface area contributed by atoms with E-state index in [4.69, 9.17) is 0 Å². The molecule has 0 aliphatic rings. The third kappa shape index (κ3) is 3.30. The minimum Gasteiger partial charge on any atom is -0.375 e. The molecule has 1 aromatic carbocycles. The van der Waals surface area contributed by atoms with Crippen LogP contribution in [0.3, 0.4) is 0 Å². The molecule has 106 valence electrons. The number of halogens is 3. The van der Waals surface area contributed by atoms with Crippen molar-refractivity contribution < 1.29 is 18.0 Å². The fourth-order valence-corrected chi connectivity index (χ4v) is 2.43. The van der Waals surface area contributed by atoms with Crippen molar-refractivity contribution in [1.29, 1.82) is 0 Å². The van der Waals surface area contributed by atoms with Crippen molar-refractivity contribution in [3.8, 4) is 0 Å². The molecule has 0 spiro atoms. The molecule has 0 unspecified atom stereocenters. The lowest BCUT2D eigenvalue weighted by molar-refractivity contribution is -0.114. The highest BCUT2D eigenvalue weighted by molar-refractivity contribution is 7.10. The molecule has 7 heteroatoms. The van der Waals surface area contributed by atoms with Crippen molar-refractivity contribution in [2.45, 2.75) is 13.5 Å². The minimum absolute atomic E-state index is 0.118. The predicted molar refractivity (Wildman–Crippen MR) is 72.3 cm³/mol. The summed E-state index contributed by atoms with van der Waals surface area (Å²) in [5.41, 5.74) is 0.187. The third-order valence-electron chi connectivity index (χ3n) is 2.49. The number of rotatable bonds is 4. The van der Waals surface area contributed by atoms with Crippen LogP contribution in [0.4, 0.5) is 24.5 Å². The van der Waals surface area contributed by atoms with Gasteiger partial charge in [-0.1, -0.05) is 0 Å². The second-order valence-corrected chi connectivity index (χ2v) is 5.04. The molecule has 0 saturated carbocycles. The van der Waals surface area contributed by atoms with Crippen LogP contribution >= 0.6 is 11.3 Å². The summed E-state index contributed by atoms with van der Waals surface area (Å²) in [5, 5.41) is 6.93. The second kappa shape index (κ2) is 5.96. The van der Waals surface area contributed by atoms with Gasteiger partial charge in [-0.3, -0.25) is 4.79 Å². The number of amides is 1. The molecule has 0 atom stereocenters. The molecule has 0 aliphatic carbocycles. The van der Waals surface area contributed by atoms with E-state index in [0.29, 0.717) is 22.7 Å². The van der Waals surface area contributed by atoms with Crippen molar-refractivity contribution in [3.05, 3.63) is 45.9 Å². The fraction of sp³-hybridized carbons (Fsp3) is 0.154. The Hall–Kier alpha value is -2.02. The van der Waals surface area contributed by atoms with Gasteiger partial charge in [-0.15, -0.1) is 11.3 Å². The lowest BCUT2D eigenvalue weighted by Gasteiger charge is -2.09. The lowest BCUT2D eigenvalue weighted by Crippen LogP contribution is -2.09. The highest BCUT2D eigenvalue weighted by atomic mass is 32.1. The molecule has 20 heavy (non-hydrogen) atoms. The largest absolute Gasteiger partial charge is 0.375 e. The van der Waals surface area contributed by atoms with Crippen molar-refractivity contribution in [3.63, 3.8) is 0 Å². The number of carbonyl (C=O) groups excluding carboxylic acids is 1. The molecular formula is C13H11F3N2OS. The molecule has 2 N–H and O–H groups in total. The summed E-state index contributed by atoms with van der Waals surface area (Å²) in [6.45, 7) is 1.49. The van der Waals surface area contributed by atoms with Gasteiger partial charge in [0.15, 0.2) is 11.6 Å². The van der Waals surface area contributed by atoms with Crippen LogP contribution in [0.15, 0.2) is 23.6 Å². The maximum absolute atomic E-state index is 13.4. The monoisotopic (exact) mass is 300 g/mol. The normalized spacial score (nSPS) is 10.4. The molecule has 0 bridgehead atoms. The molecular weight excluding hydrogens is 289 g/mol. The number of anilines is 2. The zero-order chi connectivity index (χ0) is 14.7. The number of benzene rings is 1. The van der Waals surface area contributed by atoms with Gasteiger partial charge < -0.3 is 10.6 Å². The van der Waals surface area contributed by atoms with Crippen LogP contribution in [-0.4, -0.2) is 5.91 Å². The van der Waals surface area contributed by atoms with Gasteiger partial charge in [0.05, 0.1) is 12.2 Å². The van der Waals surface area contributed by atoms with E-state index < -0.39 is 23.1 Å². The minimum atomic E-state index is -1.000. The quantitative estimate of drug-likeness (QED) is 0.903. The highest BCUT2D eigenvalue weighted by Crippen LogP contribution is 2.26. The summed E-state index contributed by atoms with van der Waals surface area (Å²) in [7, 11) is 0. The van der Waals surface area contributed by atoms with Crippen LogP contribution in [0.5, 0.6) is 0 Å². The van der Waals surface area contributed by atoms with Crippen LogP contribution in [0.25, 0.3) is 0 Å². The van der Waals surface area contributed by atoms with E-state index in [2.05, 4.69) is 10.6 Å². The van der Waals surface area contributed by atoms with E-state index in [0.717, 1.165) is 0 Å². The number of nitrogens with one attached hydrogen (secondary N) is 2. The summed E-state index contributed by atoms with van der Waals surface area (Å²) in [6.07, 6.45) is 0. The van der Waals surface area contributed by atoms with Gasteiger partial charge in [0, 0.05) is 23.9 Å². The summed E-state index contributed by atoms with van der Waals surface area (Å²) < 4.78 is 39.7.